The first-order valence-corrected chi connectivity index (χ1v) is 10.1. The third-order valence-corrected chi connectivity index (χ3v) is 5.01. The van der Waals surface area contributed by atoms with Crippen LogP contribution in [0.3, 0.4) is 0 Å². The number of ether oxygens (including phenoxy) is 1. The van der Waals surface area contributed by atoms with Gasteiger partial charge in [0.1, 0.15) is 11.4 Å². The van der Waals surface area contributed by atoms with Crippen molar-refractivity contribution in [2.75, 3.05) is 13.7 Å². The molecule has 0 radical (unpaired) electrons. The topological polar surface area (TPSA) is 76.1 Å². The van der Waals surface area contributed by atoms with Crippen molar-refractivity contribution in [3.05, 3.63) is 65.8 Å². The SMILES string of the molecule is CCOc1cccc2cc(C(C)NC(=NC)NCc3cn4c(C)cccc4n3)oc12.I. The lowest BCUT2D eigenvalue weighted by molar-refractivity contribution is 0.336. The van der Waals surface area contributed by atoms with Gasteiger partial charge in [0, 0.05) is 24.3 Å². The zero-order valence-corrected chi connectivity index (χ0v) is 20.5. The van der Waals surface area contributed by atoms with Gasteiger partial charge in [-0.3, -0.25) is 4.99 Å². The number of nitrogens with zero attached hydrogens (tertiary/aromatic N) is 3. The fourth-order valence-corrected chi connectivity index (χ4v) is 3.47. The van der Waals surface area contributed by atoms with E-state index in [0.29, 0.717) is 19.1 Å². The number of rotatable bonds is 6. The van der Waals surface area contributed by atoms with Crippen molar-refractivity contribution in [2.24, 2.45) is 4.99 Å². The Balaban J connectivity index is 0.00000272. The van der Waals surface area contributed by atoms with Crippen LogP contribution in [0.5, 0.6) is 5.75 Å². The Morgan fingerprint density at radius 2 is 2.06 bits per heavy atom. The minimum absolute atomic E-state index is 0. The molecule has 0 saturated carbocycles. The third-order valence-electron chi connectivity index (χ3n) is 5.01. The average molecular weight is 533 g/mol. The van der Waals surface area contributed by atoms with Gasteiger partial charge in [0.05, 0.1) is 24.9 Å². The van der Waals surface area contributed by atoms with Gasteiger partial charge in [0.25, 0.3) is 0 Å². The molecule has 0 aliphatic carbocycles. The molecule has 0 fully saturated rings. The number of para-hydroxylation sites is 1. The van der Waals surface area contributed by atoms with Gasteiger partial charge >= 0.3 is 0 Å². The summed E-state index contributed by atoms with van der Waals surface area (Å²) in [6, 6.07) is 14.0. The Bertz CT molecular complexity index is 1200. The predicted octanol–water partition coefficient (Wildman–Crippen LogP) is 4.83. The highest BCUT2D eigenvalue weighted by Crippen LogP contribution is 2.31. The maximum absolute atomic E-state index is 6.09. The number of fused-ring (bicyclic) bond motifs is 2. The predicted molar refractivity (Wildman–Crippen MR) is 134 cm³/mol. The van der Waals surface area contributed by atoms with Crippen molar-refractivity contribution in [1.82, 2.24) is 20.0 Å². The lowest BCUT2D eigenvalue weighted by Crippen LogP contribution is -2.38. The van der Waals surface area contributed by atoms with Gasteiger partial charge in [0.2, 0.25) is 0 Å². The van der Waals surface area contributed by atoms with Crippen LogP contribution in [-0.4, -0.2) is 29.0 Å². The highest BCUT2D eigenvalue weighted by atomic mass is 127. The molecule has 4 rings (SSSR count). The minimum atomic E-state index is -0.0682. The van der Waals surface area contributed by atoms with Crippen molar-refractivity contribution in [3.8, 4) is 5.75 Å². The van der Waals surface area contributed by atoms with Crippen LogP contribution in [0, 0.1) is 6.92 Å². The fraction of sp³-hybridized carbons (Fsp3) is 0.304. The Labute approximate surface area is 198 Å². The molecule has 1 unspecified atom stereocenters. The molecule has 0 saturated heterocycles. The van der Waals surface area contributed by atoms with Crippen LogP contribution in [0.15, 0.2) is 58.1 Å². The maximum atomic E-state index is 6.09. The zero-order chi connectivity index (χ0) is 21.1. The van der Waals surface area contributed by atoms with Crippen molar-refractivity contribution < 1.29 is 9.15 Å². The monoisotopic (exact) mass is 533 g/mol. The number of guanidine groups is 1. The molecule has 0 bridgehead atoms. The Morgan fingerprint density at radius 3 is 2.81 bits per heavy atom. The first kappa shape index (κ1) is 22.9. The van der Waals surface area contributed by atoms with Crippen LogP contribution in [-0.2, 0) is 6.54 Å². The van der Waals surface area contributed by atoms with E-state index in [0.717, 1.165) is 39.5 Å². The minimum Gasteiger partial charge on any atom is -0.490 e. The highest BCUT2D eigenvalue weighted by Gasteiger charge is 2.15. The molecule has 7 nitrogen and oxygen atoms in total. The first-order valence-electron chi connectivity index (χ1n) is 10.1. The molecule has 1 aromatic carbocycles. The molecule has 1 atom stereocenters. The summed E-state index contributed by atoms with van der Waals surface area (Å²) >= 11 is 0. The van der Waals surface area contributed by atoms with Gasteiger partial charge in [-0.1, -0.05) is 18.2 Å². The van der Waals surface area contributed by atoms with E-state index in [9.17, 15) is 0 Å². The molecule has 8 heteroatoms. The van der Waals surface area contributed by atoms with Gasteiger partial charge in [-0.2, -0.15) is 0 Å². The largest absolute Gasteiger partial charge is 0.490 e. The number of imidazole rings is 1. The molecule has 2 N–H and O–H groups in total. The van der Waals surface area contributed by atoms with Crippen LogP contribution in [0.25, 0.3) is 16.6 Å². The highest BCUT2D eigenvalue weighted by molar-refractivity contribution is 14.0. The van der Waals surface area contributed by atoms with Crippen LogP contribution in [0.1, 0.15) is 37.0 Å². The van der Waals surface area contributed by atoms with Crippen LogP contribution < -0.4 is 15.4 Å². The number of aromatic nitrogens is 2. The van der Waals surface area contributed by atoms with E-state index in [4.69, 9.17) is 9.15 Å². The van der Waals surface area contributed by atoms with Crippen molar-refractivity contribution in [1.29, 1.82) is 0 Å². The lowest BCUT2D eigenvalue weighted by atomic mass is 10.2. The van der Waals surface area contributed by atoms with Gasteiger partial charge < -0.3 is 24.2 Å². The molecule has 0 spiro atoms. The van der Waals surface area contributed by atoms with Crippen LogP contribution >= 0.6 is 24.0 Å². The quantitative estimate of drug-likeness (QED) is 0.211. The molecule has 164 valence electrons. The standard InChI is InChI=1S/C23H27N5O2.HI/c1-5-29-19-10-7-9-17-12-20(30-22(17)19)16(3)26-23(24-4)25-13-18-14-28-15(2)8-6-11-21(28)27-18;/h6-12,14,16H,5,13H2,1-4H3,(H2,24,25,26);1H. The third kappa shape index (κ3) is 4.95. The van der Waals surface area contributed by atoms with E-state index >= 15 is 0 Å². The van der Waals surface area contributed by atoms with Gasteiger partial charge in [-0.25, -0.2) is 4.98 Å². The maximum Gasteiger partial charge on any atom is 0.191 e. The molecule has 0 aliphatic heterocycles. The second-order valence-electron chi connectivity index (χ2n) is 7.18. The number of furan rings is 1. The molecule has 0 amide bonds. The molecular formula is C23H28IN5O2. The molecule has 3 heterocycles. The number of aliphatic imine (C=N–C) groups is 1. The van der Waals surface area contributed by atoms with E-state index < -0.39 is 0 Å². The van der Waals surface area contributed by atoms with E-state index in [-0.39, 0.29) is 30.0 Å². The Kier molecular flexibility index (Phi) is 7.42. The number of nitrogens with one attached hydrogen (secondary N) is 2. The smallest absolute Gasteiger partial charge is 0.191 e. The number of halogens is 1. The van der Waals surface area contributed by atoms with E-state index in [1.54, 1.807) is 7.05 Å². The summed E-state index contributed by atoms with van der Waals surface area (Å²) in [6.45, 7) is 7.24. The number of pyridine rings is 1. The van der Waals surface area contributed by atoms with Crippen LogP contribution in [0.4, 0.5) is 0 Å². The van der Waals surface area contributed by atoms with Gasteiger partial charge in [-0.15, -0.1) is 24.0 Å². The summed E-state index contributed by atoms with van der Waals surface area (Å²) in [4.78, 5) is 8.99. The number of hydrogen-bond donors (Lipinski definition) is 2. The summed E-state index contributed by atoms with van der Waals surface area (Å²) in [6.07, 6.45) is 2.04. The van der Waals surface area contributed by atoms with Gasteiger partial charge in [0.15, 0.2) is 17.3 Å². The normalized spacial score (nSPS) is 12.6. The van der Waals surface area contributed by atoms with Crippen molar-refractivity contribution in [2.45, 2.75) is 33.4 Å². The summed E-state index contributed by atoms with van der Waals surface area (Å²) in [5, 5.41) is 7.73. The lowest BCUT2D eigenvalue weighted by Gasteiger charge is -2.15. The van der Waals surface area contributed by atoms with E-state index in [1.165, 1.54) is 0 Å². The number of aryl methyl sites for hydroxylation is 1. The Morgan fingerprint density at radius 1 is 1.26 bits per heavy atom. The molecule has 3 aromatic heterocycles. The van der Waals surface area contributed by atoms with Crippen molar-refractivity contribution >= 4 is 46.6 Å². The number of hydrogen-bond acceptors (Lipinski definition) is 4. The van der Waals surface area contributed by atoms with Gasteiger partial charge in [-0.05, 0) is 45.0 Å². The summed E-state index contributed by atoms with van der Waals surface area (Å²) in [7, 11) is 1.75. The fourth-order valence-electron chi connectivity index (χ4n) is 3.47. The Hall–Kier alpha value is -2.75. The van der Waals surface area contributed by atoms with E-state index in [1.807, 2.05) is 56.4 Å². The summed E-state index contributed by atoms with van der Waals surface area (Å²) in [5.41, 5.74) is 3.81. The zero-order valence-electron chi connectivity index (χ0n) is 18.2. The summed E-state index contributed by atoms with van der Waals surface area (Å²) < 4.78 is 13.8. The van der Waals surface area contributed by atoms with Crippen molar-refractivity contribution in [3.63, 3.8) is 0 Å². The second-order valence-corrected chi connectivity index (χ2v) is 7.18. The van der Waals surface area contributed by atoms with Crippen LogP contribution in [0.2, 0.25) is 0 Å². The number of benzene rings is 1. The summed E-state index contributed by atoms with van der Waals surface area (Å²) in [5.74, 6) is 2.27. The molecule has 4 aromatic rings. The molecule has 31 heavy (non-hydrogen) atoms. The van der Waals surface area contributed by atoms with E-state index in [2.05, 4.69) is 38.0 Å². The average Bonchev–Trinajstić information content (AvgIpc) is 3.36. The molecular weight excluding hydrogens is 505 g/mol. The first-order chi connectivity index (χ1) is 14.6. The second kappa shape index (κ2) is 10.0. The molecule has 0 aliphatic rings.